The van der Waals surface area contributed by atoms with Crippen molar-refractivity contribution in [2.45, 2.75) is 6.17 Å². The van der Waals surface area contributed by atoms with Gasteiger partial charge in [0.2, 0.25) is 0 Å². The normalized spacial score (nSPS) is 23.1. The van der Waals surface area contributed by atoms with Crippen molar-refractivity contribution in [3.63, 3.8) is 0 Å². The van der Waals surface area contributed by atoms with Gasteiger partial charge in [-0.05, 0) is 6.08 Å². The van der Waals surface area contributed by atoms with E-state index in [2.05, 4.69) is 16.0 Å². The van der Waals surface area contributed by atoms with E-state index in [9.17, 15) is 0 Å². The zero-order valence-corrected chi connectivity index (χ0v) is 5.09. The van der Waals surface area contributed by atoms with Gasteiger partial charge < -0.3 is 5.11 Å². The third-order valence-electron chi connectivity index (χ3n) is 1.17. The summed E-state index contributed by atoms with van der Waals surface area (Å²) in [5.41, 5.74) is 0. The van der Waals surface area contributed by atoms with Gasteiger partial charge in [-0.25, -0.2) is 0 Å². The number of hydrogen-bond acceptors (Lipinski definition) is 4. The van der Waals surface area contributed by atoms with E-state index in [4.69, 9.17) is 5.11 Å². The Morgan fingerprint density at radius 1 is 1.33 bits per heavy atom. The highest BCUT2D eigenvalue weighted by Gasteiger charge is 2.04. The molecule has 0 aromatic carbocycles. The summed E-state index contributed by atoms with van der Waals surface area (Å²) in [5, 5.41) is 17.5. The highest BCUT2D eigenvalue weighted by molar-refractivity contribution is 4.87. The second kappa shape index (κ2) is 3.45. The maximum absolute atomic E-state index is 8.34. The summed E-state index contributed by atoms with van der Waals surface area (Å²) in [4.78, 5) is 0. The topological polar surface area (TPSA) is 56.3 Å². The number of nitrogens with one attached hydrogen (secondary N) is 3. The van der Waals surface area contributed by atoms with Crippen molar-refractivity contribution >= 4 is 0 Å². The van der Waals surface area contributed by atoms with Crippen LogP contribution < -0.4 is 16.0 Å². The Kier molecular flexibility index (Phi) is 2.50. The Hall–Kier alpha value is -0.580. The first-order valence-electron chi connectivity index (χ1n) is 2.92. The third kappa shape index (κ3) is 2.01. The minimum absolute atomic E-state index is 0.108. The largest absolute Gasteiger partial charge is 0.516 e. The molecule has 0 spiro atoms. The Morgan fingerprint density at radius 3 is 2.56 bits per heavy atom. The molecule has 1 rings (SSSR count). The Balaban J connectivity index is 2.23. The molecule has 1 aliphatic rings. The first-order valence-corrected chi connectivity index (χ1v) is 2.92. The molecule has 4 heteroatoms. The summed E-state index contributed by atoms with van der Waals surface area (Å²) >= 11 is 0. The molecule has 9 heavy (non-hydrogen) atoms. The minimum atomic E-state index is 0.108. The Morgan fingerprint density at radius 2 is 2.00 bits per heavy atom. The second-order valence-corrected chi connectivity index (χ2v) is 1.83. The zero-order valence-electron chi connectivity index (χ0n) is 5.09. The van der Waals surface area contributed by atoms with E-state index < -0.39 is 0 Å². The predicted molar refractivity (Wildman–Crippen MR) is 34.7 cm³/mol. The Bertz CT molecular complexity index is 98.4. The van der Waals surface area contributed by atoms with E-state index in [1.807, 2.05) is 0 Å². The molecule has 4 N–H and O–H groups in total. The molecule has 0 atom stereocenters. The fourth-order valence-electron chi connectivity index (χ4n) is 0.721. The van der Waals surface area contributed by atoms with Gasteiger partial charge in [0.15, 0.2) is 0 Å². The van der Waals surface area contributed by atoms with Crippen LogP contribution in [0, 0.1) is 0 Å². The maximum atomic E-state index is 8.34. The van der Waals surface area contributed by atoms with Crippen LogP contribution in [0.4, 0.5) is 0 Å². The standard InChI is InChI=1S/C5H11N3O/c9-2-1-5-7-3-6-4-8-5/h1-2,5-9H,3-4H2. The number of aliphatic hydroxyl groups is 1. The van der Waals surface area contributed by atoms with Crippen LogP contribution in [0.1, 0.15) is 0 Å². The molecule has 0 bridgehead atoms. The number of aliphatic hydroxyl groups excluding tert-OH is 1. The van der Waals surface area contributed by atoms with E-state index in [0.29, 0.717) is 0 Å². The van der Waals surface area contributed by atoms with Crippen molar-refractivity contribution in [3.05, 3.63) is 12.3 Å². The summed E-state index contributed by atoms with van der Waals surface area (Å²) < 4.78 is 0. The lowest BCUT2D eigenvalue weighted by Gasteiger charge is -2.22. The molecule has 4 nitrogen and oxygen atoms in total. The van der Waals surface area contributed by atoms with Crippen molar-refractivity contribution in [2.75, 3.05) is 13.3 Å². The number of rotatable bonds is 1. The van der Waals surface area contributed by atoms with Gasteiger partial charge in [0, 0.05) is 13.3 Å². The molecule has 52 valence electrons. The molecule has 1 fully saturated rings. The van der Waals surface area contributed by atoms with Crippen LogP contribution in [0.3, 0.4) is 0 Å². The lowest BCUT2D eigenvalue weighted by Crippen LogP contribution is -2.54. The number of hydrogen-bond donors (Lipinski definition) is 4. The molecule has 0 amide bonds. The molecule has 0 aromatic heterocycles. The van der Waals surface area contributed by atoms with Crippen LogP contribution in [0.25, 0.3) is 0 Å². The smallest absolute Gasteiger partial charge is 0.0816 e. The molecule has 0 saturated carbocycles. The molecular formula is C5H11N3O. The monoisotopic (exact) mass is 129 g/mol. The van der Waals surface area contributed by atoms with Gasteiger partial charge in [-0.15, -0.1) is 0 Å². The van der Waals surface area contributed by atoms with Crippen molar-refractivity contribution in [1.29, 1.82) is 0 Å². The van der Waals surface area contributed by atoms with Crippen LogP contribution in [-0.4, -0.2) is 24.6 Å². The zero-order chi connectivity index (χ0) is 6.53. The molecule has 0 aromatic rings. The molecule has 0 radical (unpaired) electrons. The highest BCUT2D eigenvalue weighted by Crippen LogP contribution is 1.81. The first-order chi connectivity index (χ1) is 4.43. The van der Waals surface area contributed by atoms with Gasteiger partial charge in [-0.1, -0.05) is 0 Å². The molecule has 1 saturated heterocycles. The summed E-state index contributed by atoms with van der Waals surface area (Å²) in [6.07, 6.45) is 2.80. The van der Waals surface area contributed by atoms with Gasteiger partial charge in [0.25, 0.3) is 0 Å². The van der Waals surface area contributed by atoms with Gasteiger partial charge in [0.05, 0.1) is 12.4 Å². The third-order valence-corrected chi connectivity index (χ3v) is 1.17. The van der Waals surface area contributed by atoms with Gasteiger partial charge in [-0.3, -0.25) is 16.0 Å². The van der Waals surface area contributed by atoms with Crippen LogP contribution in [0.5, 0.6) is 0 Å². The lowest BCUT2D eigenvalue weighted by atomic mass is 10.4. The summed E-state index contributed by atoms with van der Waals surface area (Å²) in [5.74, 6) is 0. The molecular weight excluding hydrogens is 118 g/mol. The van der Waals surface area contributed by atoms with Gasteiger partial charge in [-0.2, -0.15) is 0 Å². The van der Waals surface area contributed by atoms with E-state index in [-0.39, 0.29) is 6.17 Å². The van der Waals surface area contributed by atoms with Gasteiger partial charge >= 0.3 is 0 Å². The van der Waals surface area contributed by atoms with E-state index in [1.165, 1.54) is 0 Å². The van der Waals surface area contributed by atoms with E-state index in [1.54, 1.807) is 6.08 Å². The summed E-state index contributed by atoms with van der Waals surface area (Å²) in [6.45, 7) is 1.56. The SMILES string of the molecule is OC=CC1NCNCN1. The van der Waals surface area contributed by atoms with E-state index in [0.717, 1.165) is 19.6 Å². The van der Waals surface area contributed by atoms with Crippen molar-refractivity contribution in [3.8, 4) is 0 Å². The van der Waals surface area contributed by atoms with Crippen molar-refractivity contribution in [2.24, 2.45) is 0 Å². The summed E-state index contributed by atoms with van der Waals surface area (Å²) in [7, 11) is 0. The van der Waals surface area contributed by atoms with Crippen LogP contribution >= 0.6 is 0 Å². The average molecular weight is 129 g/mol. The van der Waals surface area contributed by atoms with Crippen LogP contribution in [0.15, 0.2) is 12.3 Å². The molecule has 1 heterocycles. The maximum Gasteiger partial charge on any atom is 0.0816 e. The molecule has 0 aliphatic carbocycles. The second-order valence-electron chi connectivity index (χ2n) is 1.83. The quantitative estimate of drug-likeness (QED) is 0.346. The minimum Gasteiger partial charge on any atom is -0.516 e. The van der Waals surface area contributed by atoms with Crippen LogP contribution in [0.2, 0.25) is 0 Å². The highest BCUT2D eigenvalue weighted by atomic mass is 16.2. The van der Waals surface area contributed by atoms with Crippen LogP contribution in [-0.2, 0) is 0 Å². The predicted octanol–water partition coefficient (Wildman–Crippen LogP) is -0.918. The van der Waals surface area contributed by atoms with Gasteiger partial charge in [0.1, 0.15) is 0 Å². The first kappa shape index (κ1) is 6.54. The Labute approximate surface area is 53.9 Å². The van der Waals surface area contributed by atoms with Crippen molar-refractivity contribution < 1.29 is 5.11 Å². The average Bonchev–Trinajstić information content (AvgIpc) is 1.91. The molecule has 1 aliphatic heterocycles. The fourth-order valence-corrected chi connectivity index (χ4v) is 0.721. The fraction of sp³-hybridized carbons (Fsp3) is 0.600. The molecule has 0 unspecified atom stereocenters. The lowest BCUT2D eigenvalue weighted by molar-refractivity contribution is 0.374. The van der Waals surface area contributed by atoms with E-state index >= 15 is 0 Å². The van der Waals surface area contributed by atoms with Crippen molar-refractivity contribution in [1.82, 2.24) is 16.0 Å². The summed E-state index contributed by atoms with van der Waals surface area (Å²) in [6, 6.07) is 0.